The zero-order valence-corrected chi connectivity index (χ0v) is 11.3. The lowest BCUT2D eigenvalue weighted by Crippen LogP contribution is -2.17. The Morgan fingerprint density at radius 3 is 2.94 bits per heavy atom. The number of rotatable bonds is 3. The zero-order valence-electron chi connectivity index (χ0n) is 10.5. The molecule has 1 atom stereocenters. The molecule has 0 aliphatic heterocycles. The number of nitrogens with one attached hydrogen (secondary N) is 1. The van der Waals surface area contributed by atoms with Gasteiger partial charge >= 0.3 is 0 Å². The van der Waals surface area contributed by atoms with Gasteiger partial charge in [-0.2, -0.15) is 0 Å². The van der Waals surface area contributed by atoms with Gasteiger partial charge in [-0.25, -0.2) is 0 Å². The third-order valence-corrected chi connectivity index (χ3v) is 4.00. The van der Waals surface area contributed by atoms with E-state index in [1.807, 2.05) is 0 Å². The molecule has 2 rings (SSSR count). The molecule has 1 aliphatic carbocycles. The summed E-state index contributed by atoms with van der Waals surface area (Å²) in [6.45, 7) is 0. The highest BCUT2D eigenvalue weighted by Crippen LogP contribution is 2.26. The van der Waals surface area contributed by atoms with Crippen LogP contribution in [-0.4, -0.2) is 12.3 Å². The minimum atomic E-state index is 0.503. The summed E-state index contributed by atoms with van der Waals surface area (Å²) in [4.78, 5) is 1.34. The summed E-state index contributed by atoms with van der Waals surface area (Å²) in [5, 5.41) is 3.66. The third kappa shape index (κ3) is 3.81. The van der Waals surface area contributed by atoms with Crippen molar-refractivity contribution in [2.45, 2.75) is 43.0 Å². The van der Waals surface area contributed by atoms with E-state index in [9.17, 15) is 0 Å². The predicted octanol–water partition coefficient (Wildman–Crippen LogP) is 4.71. The Morgan fingerprint density at radius 1 is 1.18 bits per heavy atom. The van der Waals surface area contributed by atoms with Crippen LogP contribution in [-0.2, 0) is 0 Å². The molecule has 0 spiro atoms. The summed E-state index contributed by atoms with van der Waals surface area (Å²) in [5.74, 6) is 0. The van der Waals surface area contributed by atoms with Gasteiger partial charge in [0.05, 0.1) is 0 Å². The first-order valence-corrected chi connectivity index (χ1v) is 7.69. The lowest BCUT2D eigenvalue weighted by molar-refractivity contribution is 0.609. The van der Waals surface area contributed by atoms with E-state index >= 15 is 0 Å². The molecule has 0 radical (unpaired) electrons. The van der Waals surface area contributed by atoms with Gasteiger partial charge in [-0.3, -0.25) is 0 Å². The fourth-order valence-electron chi connectivity index (χ4n) is 2.24. The Hall–Kier alpha value is -0.890. The number of para-hydroxylation sites is 1. The summed E-state index contributed by atoms with van der Waals surface area (Å²) < 4.78 is 0. The number of hydrogen-bond acceptors (Lipinski definition) is 2. The molecule has 1 aromatic rings. The summed E-state index contributed by atoms with van der Waals surface area (Å²) >= 11 is 1.81. The van der Waals surface area contributed by atoms with Crippen LogP contribution in [0, 0.1) is 0 Å². The van der Waals surface area contributed by atoms with Crippen LogP contribution in [0.2, 0.25) is 0 Å². The standard InChI is InChI=1S/C15H21NS/c1-17-15-12-8-7-11-14(15)16-13-9-5-3-2-4-6-10-13/h5,7-9,11-13,16H,2-4,6,10H2,1H3/b9-5+. The minimum absolute atomic E-state index is 0.503. The van der Waals surface area contributed by atoms with Crippen molar-refractivity contribution in [3.8, 4) is 0 Å². The van der Waals surface area contributed by atoms with E-state index < -0.39 is 0 Å². The largest absolute Gasteiger partial charge is 0.378 e. The van der Waals surface area contributed by atoms with Gasteiger partial charge in [0.15, 0.2) is 0 Å². The van der Waals surface area contributed by atoms with E-state index in [0.717, 1.165) is 0 Å². The molecule has 1 nitrogen and oxygen atoms in total. The Labute approximate surface area is 109 Å². The second kappa shape index (κ2) is 6.75. The van der Waals surface area contributed by atoms with Gasteiger partial charge in [0.2, 0.25) is 0 Å². The number of thioether (sulfide) groups is 1. The lowest BCUT2D eigenvalue weighted by Gasteiger charge is -2.19. The van der Waals surface area contributed by atoms with Crippen molar-refractivity contribution in [2.24, 2.45) is 0 Å². The Balaban J connectivity index is 2.05. The van der Waals surface area contributed by atoms with Crippen LogP contribution in [0.3, 0.4) is 0 Å². The number of benzene rings is 1. The molecule has 1 aromatic carbocycles. The van der Waals surface area contributed by atoms with Crippen molar-refractivity contribution in [3.05, 3.63) is 36.4 Å². The monoisotopic (exact) mass is 247 g/mol. The normalized spacial score (nSPS) is 22.5. The van der Waals surface area contributed by atoms with Gasteiger partial charge < -0.3 is 5.32 Å². The predicted molar refractivity (Wildman–Crippen MR) is 77.9 cm³/mol. The van der Waals surface area contributed by atoms with Gasteiger partial charge in [-0.05, 0) is 37.7 Å². The molecular formula is C15H21NS. The van der Waals surface area contributed by atoms with Crippen molar-refractivity contribution in [3.63, 3.8) is 0 Å². The van der Waals surface area contributed by atoms with Crippen LogP contribution in [0.15, 0.2) is 41.3 Å². The lowest BCUT2D eigenvalue weighted by atomic mass is 10.0. The van der Waals surface area contributed by atoms with Crippen molar-refractivity contribution < 1.29 is 0 Å². The molecule has 0 heterocycles. The first kappa shape index (κ1) is 12.6. The van der Waals surface area contributed by atoms with Gasteiger partial charge in [0.1, 0.15) is 0 Å². The molecule has 17 heavy (non-hydrogen) atoms. The molecule has 1 aliphatic rings. The highest BCUT2D eigenvalue weighted by Gasteiger charge is 2.08. The number of anilines is 1. The van der Waals surface area contributed by atoms with Crippen LogP contribution in [0.5, 0.6) is 0 Å². The van der Waals surface area contributed by atoms with Crippen molar-refractivity contribution >= 4 is 17.4 Å². The van der Waals surface area contributed by atoms with Crippen molar-refractivity contribution in [2.75, 3.05) is 11.6 Å². The average Bonchev–Trinajstić information content (AvgIpc) is 2.33. The van der Waals surface area contributed by atoms with Gasteiger partial charge in [0, 0.05) is 16.6 Å². The smallest absolute Gasteiger partial charge is 0.0482 e. The number of hydrogen-bond donors (Lipinski definition) is 1. The second-order valence-electron chi connectivity index (χ2n) is 4.52. The highest BCUT2D eigenvalue weighted by molar-refractivity contribution is 7.98. The van der Waals surface area contributed by atoms with Gasteiger partial charge in [-0.1, -0.05) is 37.1 Å². The van der Waals surface area contributed by atoms with Crippen LogP contribution in [0.25, 0.3) is 0 Å². The van der Waals surface area contributed by atoms with E-state index in [0.29, 0.717) is 6.04 Å². The topological polar surface area (TPSA) is 12.0 Å². The first-order valence-electron chi connectivity index (χ1n) is 6.46. The average molecular weight is 247 g/mol. The molecule has 1 unspecified atom stereocenters. The SMILES string of the molecule is CSc1ccccc1NC1/C=C/CCCCC1. The molecule has 0 saturated carbocycles. The second-order valence-corrected chi connectivity index (χ2v) is 5.37. The molecule has 92 valence electrons. The van der Waals surface area contributed by atoms with Gasteiger partial charge in [-0.15, -0.1) is 11.8 Å². The van der Waals surface area contributed by atoms with Crippen molar-refractivity contribution in [1.29, 1.82) is 0 Å². The molecule has 0 fully saturated rings. The molecule has 2 heteroatoms. The number of allylic oxidation sites excluding steroid dienone is 1. The molecule has 1 N–H and O–H groups in total. The van der Waals surface area contributed by atoms with E-state index in [4.69, 9.17) is 0 Å². The van der Waals surface area contributed by atoms with Gasteiger partial charge in [0.25, 0.3) is 0 Å². The molecule has 0 bridgehead atoms. The quantitative estimate of drug-likeness (QED) is 0.613. The third-order valence-electron chi connectivity index (χ3n) is 3.20. The van der Waals surface area contributed by atoms with E-state index in [-0.39, 0.29) is 0 Å². The van der Waals surface area contributed by atoms with Crippen LogP contribution >= 0.6 is 11.8 Å². The fourth-order valence-corrected chi connectivity index (χ4v) is 2.81. The Bertz CT molecular complexity index is 373. The molecule has 0 saturated heterocycles. The van der Waals surface area contributed by atoms with E-state index in [1.54, 1.807) is 11.8 Å². The van der Waals surface area contributed by atoms with E-state index in [2.05, 4.69) is 48.0 Å². The zero-order chi connectivity index (χ0) is 11.9. The van der Waals surface area contributed by atoms with Crippen molar-refractivity contribution in [1.82, 2.24) is 0 Å². The Morgan fingerprint density at radius 2 is 2.06 bits per heavy atom. The van der Waals surface area contributed by atoms with Crippen LogP contribution in [0.4, 0.5) is 5.69 Å². The first-order chi connectivity index (χ1) is 8.40. The van der Waals surface area contributed by atoms with Crippen LogP contribution in [0.1, 0.15) is 32.1 Å². The summed E-state index contributed by atoms with van der Waals surface area (Å²) in [7, 11) is 0. The molecule has 0 aromatic heterocycles. The van der Waals surface area contributed by atoms with E-state index in [1.165, 1.54) is 42.7 Å². The summed E-state index contributed by atoms with van der Waals surface area (Å²) in [6.07, 6.45) is 13.4. The maximum atomic E-state index is 3.66. The summed E-state index contributed by atoms with van der Waals surface area (Å²) in [5.41, 5.74) is 1.27. The fraction of sp³-hybridized carbons (Fsp3) is 0.467. The maximum absolute atomic E-state index is 3.66. The highest BCUT2D eigenvalue weighted by atomic mass is 32.2. The molecule has 0 amide bonds. The minimum Gasteiger partial charge on any atom is -0.378 e. The maximum Gasteiger partial charge on any atom is 0.0482 e. The summed E-state index contributed by atoms with van der Waals surface area (Å²) in [6, 6.07) is 9.07. The van der Waals surface area contributed by atoms with Crippen LogP contribution < -0.4 is 5.32 Å². The molecular weight excluding hydrogens is 226 g/mol. The Kier molecular flexibility index (Phi) is 4.99.